The van der Waals surface area contributed by atoms with Gasteiger partial charge in [-0.05, 0) is 56.2 Å². The van der Waals surface area contributed by atoms with Crippen molar-refractivity contribution in [3.05, 3.63) is 59.9 Å². The molecule has 162 valence electrons. The Bertz CT molecular complexity index is 1180. The number of aromatic nitrogens is 2. The van der Waals surface area contributed by atoms with Crippen LogP contribution in [0.15, 0.2) is 57.8 Å². The summed E-state index contributed by atoms with van der Waals surface area (Å²) in [6.07, 6.45) is 1.11. The number of amides is 1. The second-order valence-corrected chi connectivity index (χ2v) is 9.36. The van der Waals surface area contributed by atoms with E-state index in [1.165, 1.54) is 28.6 Å². The quantitative estimate of drug-likeness (QED) is 0.648. The fourth-order valence-electron chi connectivity index (χ4n) is 3.42. The van der Waals surface area contributed by atoms with E-state index in [0.29, 0.717) is 24.9 Å². The summed E-state index contributed by atoms with van der Waals surface area (Å²) in [5, 5.41) is 10.2. The van der Waals surface area contributed by atoms with Crippen LogP contribution in [0.5, 0.6) is 0 Å². The topological polar surface area (TPSA) is 105 Å². The Balaban J connectivity index is 1.43. The molecule has 8 nitrogen and oxygen atoms in total. The molecule has 1 atom stereocenters. The van der Waals surface area contributed by atoms with E-state index in [1.807, 2.05) is 6.92 Å². The largest absolute Gasteiger partial charge is 0.403 e. The fraction of sp³-hybridized carbons (Fsp3) is 0.286. The first-order valence-electron chi connectivity index (χ1n) is 9.80. The lowest BCUT2D eigenvalue weighted by Gasteiger charge is -2.30. The van der Waals surface area contributed by atoms with Crippen molar-refractivity contribution in [1.29, 1.82) is 0 Å². The zero-order chi connectivity index (χ0) is 22.0. The van der Waals surface area contributed by atoms with Crippen LogP contribution in [0.2, 0.25) is 0 Å². The molecule has 1 aliphatic rings. The zero-order valence-electron chi connectivity index (χ0n) is 16.8. The van der Waals surface area contributed by atoms with Crippen LogP contribution in [0, 0.1) is 18.7 Å². The van der Waals surface area contributed by atoms with E-state index in [9.17, 15) is 17.6 Å². The van der Waals surface area contributed by atoms with Gasteiger partial charge in [-0.2, -0.15) is 4.31 Å². The molecule has 31 heavy (non-hydrogen) atoms. The maximum absolute atomic E-state index is 13.1. The van der Waals surface area contributed by atoms with Crippen molar-refractivity contribution in [2.75, 3.05) is 18.4 Å². The Labute approximate surface area is 179 Å². The normalized spacial score (nSPS) is 17.4. The standard InChI is InChI=1S/C21H21FN4O4S/c1-14-4-10-18(11-5-14)31(28,29)26-12-2-3-16(13-26)19(27)23-21-25-24-20(30-21)15-6-8-17(22)9-7-15/h4-11,16H,2-3,12-13H2,1H3,(H,23,25,27). The molecule has 3 aromatic rings. The predicted molar refractivity (Wildman–Crippen MR) is 111 cm³/mol. The van der Waals surface area contributed by atoms with Crippen molar-refractivity contribution >= 4 is 21.9 Å². The molecule has 2 heterocycles. The van der Waals surface area contributed by atoms with Crippen LogP contribution in [-0.2, 0) is 14.8 Å². The number of benzene rings is 2. The summed E-state index contributed by atoms with van der Waals surface area (Å²) in [6.45, 7) is 2.31. The van der Waals surface area contributed by atoms with Gasteiger partial charge >= 0.3 is 6.01 Å². The SMILES string of the molecule is Cc1ccc(S(=O)(=O)N2CCCC(C(=O)Nc3nnc(-c4ccc(F)cc4)o3)C2)cc1. The van der Waals surface area contributed by atoms with Gasteiger partial charge < -0.3 is 4.42 Å². The van der Waals surface area contributed by atoms with E-state index in [0.717, 1.165) is 5.56 Å². The number of aryl methyl sites for hydroxylation is 1. The van der Waals surface area contributed by atoms with E-state index in [-0.39, 0.29) is 29.2 Å². The van der Waals surface area contributed by atoms with E-state index in [4.69, 9.17) is 4.42 Å². The van der Waals surface area contributed by atoms with E-state index in [2.05, 4.69) is 15.5 Å². The van der Waals surface area contributed by atoms with Crippen molar-refractivity contribution < 1.29 is 22.0 Å². The summed E-state index contributed by atoms with van der Waals surface area (Å²) < 4.78 is 45.7. The predicted octanol–water partition coefficient (Wildman–Crippen LogP) is 3.22. The molecule has 1 unspecified atom stereocenters. The van der Waals surface area contributed by atoms with Gasteiger partial charge in [0, 0.05) is 18.7 Å². The number of nitrogens with zero attached hydrogens (tertiary/aromatic N) is 3. The molecule has 10 heteroatoms. The highest BCUT2D eigenvalue weighted by Crippen LogP contribution is 2.26. The molecular weight excluding hydrogens is 423 g/mol. The lowest BCUT2D eigenvalue weighted by Crippen LogP contribution is -2.43. The Morgan fingerprint density at radius 2 is 1.84 bits per heavy atom. The molecule has 0 aliphatic carbocycles. The van der Waals surface area contributed by atoms with Crippen LogP contribution >= 0.6 is 0 Å². The van der Waals surface area contributed by atoms with Gasteiger partial charge in [-0.15, -0.1) is 5.10 Å². The summed E-state index contributed by atoms with van der Waals surface area (Å²) >= 11 is 0. The molecule has 1 N–H and O–H groups in total. The number of hydrogen-bond donors (Lipinski definition) is 1. The third-order valence-corrected chi connectivity index (χ3v) is 7.04. The maximum Gasteiger partial charge on any atom is 0.322 e. The van der Waals surface area contributed by atoms with Gasteiger partial charge in [0.1, 0.15) is 5.82 Å². The number of carbonyl (C=O) groups is 1. The highest BCUT2D eigenvalue weighted by Gasteiger charge is 2.33. The number of carbonyl (C=O) groups excluding carboxylic acids is 1. The Hall–Kier alpha value is -3.11. The van der Waals surface area contributed by atoms with Gasteiger partial charge in [0.05, 0.1) is 10.8 Å². The minimum Gasteiger partial charge on any atom is -0.403 e. The molecule has 1 aliphatic heterocycles. The van der Waals surface area contributed by atoms with Crippen LogP contribution in [0.4, 0.5) is 10.4 Å². The first-order valence-corrected chi connectivity index (χ1v) is 11.2. The fourth-order valence-corrected chi connectivity index (χ4v) is 4.95. The summed E-state index contributed by atoms with van der Waals surface area (Å²) in [6, 6.07) is 12.1. The molecular formula is C21H21FN4O4S. The number of rotatable bonds is 5. The first kappa shape index (κ1) is 21.1. The minimum atomic E-state index is -3.68. The number of sulfonamides is 1. The lowest BCUT2D eigenvalue weighted by atomic mass is 9.99. The van der Waals surface area contributed by atoms with Crippen molar-refractivity contribution in [2.24, 2.45) is 5.92 Å². The molecule has 1 aromatic heterocycles. The number of anilines is 1. The van der Waals surface area contributed by atoms with Crippen molar-refractivity contribution in [2.45, 2.75) is 24.7 Å². The van der Waals surface area contributed by atoms with Crippen LogP contribution in [0.1, 0.15) is 18.4 Å². The molecule has 2 aromatic carbocycles. The Morgan fingerprint density at radius 1 is 1.13 bits per heavy atom. The van der Waals surface area contributed by atoms with Gasteiger partial charge in [0.15, 0.2) is 0 Å². The second-order valence-electron chi connectivity index (χ2n) is 7.42. The zero-order valence-corrected chi connectivity index (χ0v) is 17.6. The molecule has 0 bridgehead atoms. The summed E-state index contributed by atoms with van der Waals surface area (Å²) in [5.41, 5.74) is 1.48. The van der Waals surface area contributed by atoms with Gasteiger partial charge in [0.25, 0.3) is 0 Å². The van der Waals surface area contributed by atoms with Crippen LogP contribution in [-0.4, -0.2) is 41.9 Å². The average molecular weight is 444 g/mol. The molecule has 0 radical (unpaired) electrons. The van der Waals surface area contributed by atoms with Crippen LogP contribution in [0.3, 0.4) is 0 Å². The number of piperidine rings is 1. The Morgan fingerprint density at radius 3 is 2.55 bits per heavy atom. The highest BCUT2D eigenvalue weighted by atomic mass is 32.2. The molecule has 4 rings (SSSR count). The summed E-state index contributed by atoms with van der Waals surface area (Å²) in [5.74, 6) is -1.19. The van der Waals surface area contributed by atoms with Gasteiger partial charge in [0.2, 0.25) is 21.8 Å². The van der Waals surface area contributed by atoms with Crippen molar-refractivity contribution in [3.8, 4) is 11.5 Å². The smallest absolute Gasteiger partial charge is 0.322 e. The van der Waals surface area contributed by atoms with E-state index < -0.39 is 21.8 Å². The van der Waals surface area contributed by atoms with Gasteiger partial charge in [-0.3, -0.25) is 10.1 Å². The first-order chi connectivity index (χ1) is 14.8. The number of nitrogens with one attached hydrogen (secondary N) is 1. The minimum absolute atomic E-state index is 0.0704. The second kappa shape index (κ2) is 8.56. The number of hydrogen-bond acceptors (Lipinski definition) is 6. The monoisotopic (exact) mass is 444 g/mol. The van der Waals surface area contributed by atoms with Crippen LogP contribution in [0.25, 0.3) is 11.5 Å². The molecule has 1 saturated heterocycles. The maximum atomic E-state index is 13.1. The number of halogens is 1. The molecule has 0 saturated carbocycles. The summed E-state index contributed by atoms with van der Waals surface area (Å²) in [7, 11) is -3.68. The van der Waals surface area contributed by atoms with Crippen molar-refractivity contribution in [1.82, 2.24) is 14.5 Å². The average Bonchev–Trinajstić information content (AvgIpc) is 3.23. The molecule has 1 amide bonds. The van der Waals surface area contributed by atoms with E-state index >= 15 is 0 Å². The summed E-state index contributed by atoms with van der Waals surface area (Å²) in [4.78, 5) is 12.9. The van der Waals surface area contributed by atoms with Gasteiger partial charge in [-0.1, -0.05) is 22.8 Å². The van der Waals surface area contributed by atoms with Crippen molar-refractivity contribution in [3.63, 3.8) is 0 Å². The molecule has 0 spiro atoms. The third-order valence-electron chi connectivity index (χ3n) is 5.16. The molecule has 1 fully saturated rings. The highest BCUT2D eigenvalue weighted by molar-refractivity contribution is 7.89. The van der Waals surface area contributed by atoms with E-state index in [1.54, 1.807) is 24.3 Å². The van der Waals surface area contributed by atoms with Crippen LogP contribution < -0.4 is 5.32 Å². The Kier molecular flexibility index (Phi) is 5.84. The van der Waals surface area contributed by atoms with Gasteiger partial charge in [-0.25, -0.2) is 12.8 Å². The third kappa shape index (κ3) is 4.64. The lowest BCUT2D eigenvalue weighted by molar-refractivity contribution is -0.121.